The van der Waals surface area contributed by atoms with Crippen molar-refractivity contribution in [2.75, 3.05) is 0 Å². The lowest BCUT2D eigenvalue weighted by Gasteiger charge is -2.30. The molecule has 2 aliphatic carbocycles. The van der Waals surface area contributed by atoms with Gasteiger partial charge < -0.3 is 5.32 Å². The fourth-order valence-corrected chi connectivity index (χ4v) is 5.11. The van der Waals surface area contributed by atoms with E-state index in [0.717, 1.165) is 23.0 Å². The van der Waals surface area contributed by atoms with Crippen LogP contribution in [0, 0.1) is 17.8 Å². The molecule has 0 spiro atoms. The Kier molecular flexibility index (Phi) is 4.61. The number of carbonyl (C=O) groups is 1. The summed E-state index contributed by atoms with van der Waals surface area (Å²) in [5, 5.41) is 3.36. The summed E-state index contributed by atoms with van der Waals surface area (Å²) in [7, 11) is 0. The van der Waals surface area contributed by atoms with Crippen LogP contribution in [0.3, 0.4) is 0 Å². The van der Waals surface area contributed by atoms with Crippen molar-refractivity contribution in [3.63, 3.8) is 0 Å². The Balaban J connectivity index is 1.54. The minimum Gasteiger partial charge on any atom is -0.353 e. The normalized spacial score (nSPS) is 25.9. The highest BCUT2D eigenvalue weighted by Gasteiger charge is 2.42. The molecule has 2 fully saturated rings. The van der Waals surface area contributed by atoms with Crippen molar-refractivity contribution in [3.8, 4) is 0 Å². The zero-order chi connectivity index (χ0) is 17.2. The standard InChI is InChI=1S/C23H27NO/c1-16(21-15-17-12-13-20(21)14-17)24-23(25)22(18-8-4-2-5-9-18)19-10-6-3-7-11-19/h2-11,16-17,20-22H,12-15H2,1H3,(H,24,25)/t16-,17-,20-,21-/m0/s1. The lowest BCUT2D eigenvalue weighted by Crippen LogP contribution is -2.42. The molecule has 1 amide bonds. The molecule has 4 rings (SSSR count). The van der Waals surface area contributed by atoms with Gasteiger partial charge in [0.15, 0.2) is 0 Å². The third kappa shape index (κ3) is 3.35. The van der Waals surface area contributed by atoms with Gasteiger partial charge in [-0.1, -0.05) is 67.1 Å². The number of hydrogen-bond donors (Lipinski definition) is 1. The predicted molar refractivity (Wildman–Crippen MR) is 101 cm³/mol. The van der Waals surface area contributed by atoms with Gasteiger partial charge in [0.2, 0.25) is 5.91 Å². The fourth-order valence-electron chi connectivity index (χ4n) is 5.11. The van der Waals surface area contributed by atoms with Crippen LogP contribution in [-0.2, 0) is 4.79 Å². The highest BCUT2D eigenvalue weighted by molar-refractivity contribution is 5.87. The summed E-state index contributed by atoms with van der Waals surface area (Å²) in [6.07, 6.45) is 5.44. The first-order valence-electron chi connectivity index (χ1n) is 9.62. The lowest BCUT2D eigenvalue weighted by atomic mass is 9.83. The number of fused-ring (bicyclic) bond motifs is 2. The highest BCUT2D eigenvalue weighted by Crippen LogP contribution is 2.49. The van der Waals surface area contributed by atoms with Crippen molar-refractivity contribution in [3.05, 3.63) is 71.8 Å². The first-order chi connectivity index (χ1) is 12.2. The van der Waals surface area contributed by atoms with E-state index < -0.39 is 0 Å². The summed E-state index contributed by atoms with van der Waals surface area (Å²) in [5.41, 5.74) is 2.12. The first kappa shape index (κ1) is 16.4. The fraction of sp³-hybridized carbons (Fsp3) is 0.435. The summed E-state index contributed by atoms with van der Waals surface area (Å²) in [5.74, 6) is 2.30. The van der Waals surface area contributed by atoms with Crippen molar-refractivity contribution in [2.45, 2.75) is 44.6 Å². The van der Waals surface area contributed by atoms with Gasteiger partial charge in [0.05, 0.1) is 5.92 Å². The largest absolute Gasteiger partial charge is 0.353 e. The Labute approximate surface area is 150 Å². The maximum atomic E-state index is 13.2. The van der Waals surface area contributed by atoms with E-state index in [2.05, 4.69) is 36.5 Å². The molecule has 2 saturated carbocycles. The number of rotatable bonds is 5. The molecule has 2 nitrogen and oxygen atoms in total. The Morgan fingerprint density at radius 3 is 2.00 bits per heavy atom. The minimum atomic E-state index is -0.233. The molecule has 4 atom stereocenters. The van der Waals surface area contributed by atoms with Crippen molar-refractivity contribution in [1.82, 2.24) is 5.32 Å². The van der Waals surface area contributed by atoms with Crippen molar-refractivity contribution in [1.29, 1.82) is 0 Å². The van der Waals surface area contributed by atoms with Crippen molar-refractivity contribution < 1.29 is 4.79 Å². The number of carbonyl (C=O) groups excluding carboxylic acids is 1. The molecular formula is C23H27NO. The van der Waals surface area contributed by atoms with Gasteiger partial charge in [-0.2, -0.15) is 0 Å². The molecule has 0 radical (unpaired) electrons. The van der Waals surface area contributed by atoms with Gasteiger partial charge in [-0.15, -0.1) is 0 Å². The van der Waals surface area contributed by atoms with E-state index in [1.165, 1.54) is 25.7 Å². The molecule has 25 heavy (non-hydrogen) atoms. The number of hydrogen-bond acceptors (Lipinski definition) is 1. The average molecular weight is 333 g/mol. The molecule has 130 valence electrons. The first-order valence-corrected chi connectivity index (χ1v) is 9.62. The second kappa shape index (κ2) is 7.03. The van der Waals surface area contributed by atoms with Gasteiger partial charge in [-0.05, 0) is 55.1 Å². The monoisotopic (exact) mass is 333 g/mol. The predicted octanol–water partition coefficient (Wildman–Crippen LogP) is 4.76. The molecule has 2 bridgehead atoms. The van der Waals surface area contributed by atoms with Crippen LogP contribution in [-0.4, -0.2) is 11.9 Å². The van der Waals surface area contributed by atoms with Gasteiger partial charge in [0, 0.05) is 6.04 Å². The molecule has 0 saturated heterocycles. The van der Waals surface area contributed by atoms with Gasteiger partial charge in [0.25, 0.3) is 0 Å². The van der Waals surface area contributed by atoms with Crippen LogP contribution in [0.25, 0.3) is 0 Å². The molecular weight excluding hydrogens is 306 g/mol. The van der Waals surface area contributed by atoms with E-state index in [9.17, 15) is 4.79 Å². The van der Waals surface area contributed by atoms with Crippen LogP contribution in [0.1, 0.15) is 49.7 Å². The maximum Gasteiger partial charge on any atom is 0.232 e. The topological polar surface area (TPSA) is 29.1 Å². The van der Waals surface area contributed by atoms with Crippen molar-refractivity contribution in [2.24, 2.45) is 17.8 Å². The quantitative estimate of drug-likeness (QED) is 0.840. The second-order valence-corrected chi connectivity index (χ2v) is 7.89. The molecule has 0 unspecified atom stereocenters. The molecule has 2 aromatic rings. The van der Waals surface area contributed by atoms with Gasteiger partial charge >= 0.3 is 0 Å². The maximum absolute atomic E-state index is 13.2. The Hall–Kier alpha value is -2.09. The molecule has 1 N–H and O–H groups in total. The number of amides is 1. The van der Waals surface area contributed by atoms with E-state index in [1.807, 2.05) is 36.4 Å². The van der Waals surface area contributed by atoms with E-state index in [4.69, 9.17) is 0 Å². The van der Waals surface area contributed by atoms with E-state index in [1.54, 1.807) is 0 Å². The van der Waals surface area contributed by atoms with E-state index >= 15 is 0 Å². The van der Waals surface area contributed by atoms with Crippen LogP contribution in [0.15, 0.2) is 60.7 Å². The third-order valence-electron chi connectivity index (χ3n) is 6.33. The van der Waals surface area contributed by atoms with Crippen molar-refractivity contribution >= 4 is 5.91 Å². The Bertz CT molecular complexity index is 672. The molecule has 2 heteroatoms. The van der Waals surface area contributed by atoms with Gasteiger partial charge in [-0.25, -0.2) is 0 Å². The Morgan fingerprint density at radius 1 is 0.920 bits per heavy atom. The number of nitrogens with one attached hydrogen (secondary N) is 1. The van der Waals surface area contributed by atoms with Crippen LogP contribution in [0.5, 0.6) is 0 Å². The average Bonchev–Trinajstić information content (AvgIpc) is 3.27. The van der Waals surface area contributed by atoms with Crippen LogP contribution >= 0.6 is 0 Å². The van der Waals surface area contributed by atoms with Gasteiger partial charge in [-0.3, -0.25) is 4.79 Å². The number of benzene rings is 2. The summed E-state index contributed by atoms with van der Waals surface area (Å²) in [4.78, 5) is 13.2. The second-order valence-electron chi connectivity index (χ2n) is 7.89. The zero-order valence-corrected chi connectivity index (χ0v) is 14.9. The summed E-state index contributed by atoms with van der Waals surface area (Å²) in [6.45, 7) is 2.20. The zero-order valence-electron chi connectivity index (χ0n) is 14.9. The summed E-state index contributed by atoms with van der Waals surface area (Å²) in [6, 6.07) is 20.5. The van der Waals surface area contributed by atoms with Crippen LogP contribution in [0.2, 0.25) is 0 Å². The molecule has 2 aliphatic rings. The summed E-state index contributed by atoms with van der Waals surface area (Å²) >= 11 is 0. The van der Waals surface area contributed by atoms with Crippen LogP contribution in [0.4, 0.5) is 0 Å². The molecule has 0 aliphatic heterocycles. The van der Waals surface area contributed by atoms with E-state index in [0.29, 0.717) is 5.92 Å². The smallest absolute Gasteiger partial charge is 0.232 e. The van der Waals surface area contributed by atoms with E-state index in [-0.39, 0.29) is 17.9 Å². The minimum absolute atomic E-state index is 0.132. The highest BCUT2D eigenvalue weighted by atomic mass is 16.1. The van der Waals surface area contributed by atoms with Gasteiger partial charge in [0.1, 0.15) is 0 Å². The Morgan fingerprint density at radius 2 is 1.52 bits per heavy atom. The third-order valence-corrected chi connectivity index (χ3v) is 6.33. The van der Waals surface area contributed by atoms with Crippen LogP contribution < -0.4 is 5.32 Å². The lowest BCUT2D eigenvalue weighted by molar-refractivity contribution is -0.122. The molecule has 2 aromatic carbocycles. The summed E-state index contributed by atoms with van der Waals surface area (Å²) < 4.78 is 0. The molecule has 0 heterocycles. The SMILES string of the molecule is C[C@H](NC(=O)C(c1ccccc1)c1ccccc1)[C@@H]1C[C@H]2CC[C@H]1C2. The molecule has 0 aromatic heterocycles.